The molecule has 144 valence electrons. The summed E-state index contributed by atoms with van der Waals surface area (Å²) < 4.78 is 0. The first kappa shape index (κ1) is 20.2. The molecular weight excluding hydrogens is 328 g/mol. The van der Waals surface area contributed by atoms with E-state index in [4.69, 9.17) is 0 Å². The highest BCUT2D eigenvalue weighted by Gasteiger charge is 2.36. The molecule has 1 aliphatic heterocycles. The highest BCUT2D eigenvalue weighted by molar-refractivity contribution is 6.09. The lowest BCUT2D eigenvalue weighted by Crippen LogP contribution is -2.47. The van der Waals surface area contributed by atoms with Crippen LogP contribution in [0.15, 0.2) is 24.3 Å². The fourth-order valence-electron chi connectivity index (χ4n) is 2.72. The Morgan fingerprint density at radius 3 is 2.19 bits per heavy atom. The Morgan fingerprint density at radius 2 is 1.65 bits per heavy atom. The molecule has 0 aliphatic carbocycles. The minimum absolute atomic E-state index is 0.0532. The lowest BCUT2D eigenvalue weighted by atomic mass is 9.90. The molecule has 1 aromatic rings. The number of anilines is 2. The van der Waals surface area contributed by atoms with Crippen molar-refractivity contribution < 1.29 is 9.59 Å². The zero-order valence-corrected chi connectivity index (χ0v) is 16.6. The summed E-state index contributed by atoms with van der Waals surface area (Å²) in [7, 11) is 2.13. The SMILES string of the molecule is CCC(C)NC(=O)C(C)(C)C(=O)Nc1ccc(N2CCN(C)CC2)cc1. The quantitative estimate of drug-likeness (QED) is 0.764. The number of hydrogen-bond acceptors (Lipinski definition) is 4. The number of hydrogen-bond donors (Lipinski definition) is 2. The maximum Gasteiger partial charge on any atom is 0.239 e. The smallest absolute Gasteiger partial charge is 0.239 e. The van der Waals surface area contributed by atoms with Crippen molar-refractivity contribution in [3.8, 4) is 0 Å². The van der Waals surface area contributed by atoms with Crippen LogP contribution in [0.1, 0.15) is 34.1 Å². The Balaban J connectivity index is 1.97. The topological polar surface area (TPSA) is 64.7 Å². The van der Waals surface area contributed by atoms with Gasteiger partial charge in [0.1, 0.15) is 5.41 Å². The van der Waals surface area contributed by atoms with Crippen molar-refractivity contribution >= 4 is 23.2 Å². The number of amides is 2. The Hall–Kier alpha value is -2.08. The number of carbonyl (C=O) groups is 2. The van der Waals surface area contributed by atoms with Crippen molar-refractivity contribution in [3.63, 3.8) is 0 Å². The van der Waals surface area contributed by atoms with E-state index in [-0.39, 0.29) is 17.9 Å². The molecule has 1 fully saturated rings. The van der Waals surface area contributed by atoms with Crippen molar-refractivity contribution in [3.05, 3.63) is 24.3 Å². The molecule has 6 heteroatoms. The Labute approximate surface area is 156 Å². The van der Waals surface area contributed by atoms with Gasteiger partial charge in [-0.2, -0.15) is 0 Å². The first-order chi connectivity index (χ1) is 12.2. The van der Waals surface area contributed by atoms with Gasteiger partial charge in [-0.3, -0.25) is 9.59 Å². The Bertz CT molecular complexity index is 619. The highest BCUT2D eigenvalue weighted by Crippen LogP contribution is 2.22. The lowest BCUT2D eigenvalue weighted by Gasteiger charge is -2.34. The summed E-state index contributed by atoms with van der Waals surface area (Å²) in [6.45, 7) is 11.4. The zero-order valence-electron chi connectivity index (χ0n) is 16.6. The van der Waals surface area contributed by atoms with Gasteiger partial charge in [0.25, 0.3) is 0 Å². The van der Waals surface area contributed by atoms with Crippen molar-refractivity contribution in [1.82, 2.24) is 10.2 Å². The van der Waals surface area contributed by atoms with E-state index in [2.05, 4.69) is 27.5 Å². The van der Waals surface area contributed by atoms with E-state index in [0.29, 0.717) is 5.69 Å². The zero-order chi connectivity index (χ0) is 19.3. The fourth-order valence-corrected chi connectivity index (χ4v) is 2.72. The van der Waals surface area contributed by atoms with Gasteiger partial charge in [-0.05, 0) is 58.5 Å². The van der Waals surface area contributed by atoms with Crippen molar-refractivity contribution in [2.45, 2.75) is 40.2 Å². The molecule has 2 amide bonds. The first-order valence-corrected chi connectivity index (χ1v) is 9.40. The highest BCUT2D eigenvalue weighted by atomic mass is 16.2. The molecule has 26 heavy (non-hydrogen) atoms. The summed E-state index contributed by atoms with van der Waals surface area (Å²) in [5.41, 5.74) is 0.738. The molecule has 2 rings (SSSR count). The lowest BCUT2D eigenvalue weighted by molar-refractivity contribution is -0.138. The average molecular weight is 361 g/mol. The monoisotopic (exact) mass is 360 g/mol. The van der Waals surface area contributed by atoms with Gasteiger partial charge in [0, 0.05) is 43.6 Å². The number of benzene rings is 1. The van der Waals surface area contributed by atoms with Gasteiger partial charge in [0.15, 0.2) is 0 Å². The third-order valence-corrected chi connectivity index (χ3v) is 5.12. The molecule has 1 aliphatic rings. The van der Waals surface area contributed by atoms with E-state index in [1.54, 1.807) is 13.8 Å². The predicted octanol–water partition coefficient (Wildman–Crippen LogP) is 2.32. The molecule has 1 heterocycles. The number of likely N-dealkylation sites (N-methyl/N-ethyl adjacent to an activating group) is 1. The molecule has 1 unspecified atom stereocenters. The minimum Gasteiger partial charge on any atom is -0.369 e. The van der Waals surface area contributed by atoms with Crippen LogP contribution in [-0.2, 0) is 9.59 Å². The Kier molecular flexibility index (Phi) is 6.64. The first-order valence-electron chi connectivity index (χ1n) is 9.40. The van der Waals surface area contributed by atoms with E-state index in [1.807, 2.05) is 38.1 Å². The maximum atomic E-state index is 12.6. The molecule has 1 atom stereocenters. The van der Waals surface area contributed by atoms with Crippen LogP contribution < -0.4 is 15.5 Å². The molecule has 1 aromatic carbocycles. The summed E-state index contributed by atoms with van der Waals surface area (Å²) in [5.74, 6) is -0.552. The van der Waals surface area contributed by atoms with Gasteiger partial charge in [-0.1, -0.05) is 6.92 Å². The molecule has 0 radical (unpaired) electrons. The normalized spacial score (nSPS) is 16.9. The van der Waals surface area contributed by atoms with Gasteiger partial charge < -0.3 is 20.4 Å². The van der Waals surface area contributed by atoms with Crippen LogP contribution in [0.4, 0.5) is 11.4 Å². The minimum atomic E-state index is -1.13. The van der Waals surface area contributed by atoms with Crippen LogP contribution in [0.2, 0.25) is 0 Å². The number of rotatable bonds is 6. The summed E-state index contributed by atoms with van der Waals surface area (Å²) in [5, 5.41) is 5.75. The third kappa shape index (κ3) is 4.97. The average Bonchev–Trinajstić information content (AvgIpc) is 2.62. The Morgan fingerprint density at radius 1 is 1.08 bits per heavy atom. The number of nitrogens with one attached hydrogen (secondary N) is 2. The standard InChI is InChI=1S/C20H32N4O2/c1-6-15(2)21-18(25)20(3,4)19(26)22-16-7-9-17(10-8-16)24-13-11-23(5)12-14-24/h7-10,15H,6,11-14H2,1-5H3,(H,21,25)(H,22,26). The molecule has 6 nitrogen and oxygen atoms in total. The molecule has 0 spiro atoms. The second-order valence-electron chi connectivity index (χ2n) is 7.70. The summed E-state index contributed by atoms with van der Waals surface area (Å²) in [6, 6.07) is 7.89. The van der Waals surface area contributed by atoms with Crippen LogP contribution in [0, 0.1) is 5.41 Å². The van der Waals surface area contributed by atoms with Gasteiger partial charge >= 0.3 is 0 Å². The van der Waals surface area contributed by atoms with Crippen LogP contribution >= 0.6 is 0 Å². The van der Waals surface area contributed by atoms with E-state index < -0.39 is 5.41 Å². The van der Waals surface area contributed by atoms with Gasteiger partial charge in [0.2, 0.25) is 11.8 Å². The summed E-state index contributed by atoms with van der Waals surface area (Å²) in [6.07, 6.45) is 0.831. The number of nitrogens with zero attached hydrogens (tertiary/aromatic N) is 2. The number of carbonyl (C=O) groups excluding carboxylic acids is 2. The summed E-state index contributed by atoms with van der Waals surface area (Å²) >= 11 is 0. The molecule has 0 bridgehead atoms. The van der Waals surface area contributed by atoms with Gasteiger partial charge in [-0.25, -0.2) is 0 Å². The second kappa shape index (κ2) is 8.54. The largest absolute Gasteiger partial charge is 0.369 e. The van der Waals surface area contributed by atoms with E-state index >= 15 is 0 Å². The van der Waals surface area contributed by atoms with Gasteiger partial charge in [0.05, 0.1) is 0 Å². The fraction of sp³-hybridized carbons (Fsp3) is 0.600. The van der Waals surface area contributed by atoms with Crippen molar-refractivity contribution in [2.24, 2.45) is 5.41 Å². The maximum absolute atomic E-state index is 12.6. The number of piperazine rings is 1. The molecule has 0 aromatic heterocycles. The van der Waals surface area contributed by atoms with E-state index in [0.717, 1.165) is 38.3 Å². The van der Waals surface area contributed by atoms with Crippen LogP contribution in [0.3, 0.4) is 0 Å². The van der Waals surface area contributed by atoms with E-state index in [1.165, 1.54) is 0 Å². The molecule has 1 saturated heterocycles. The van der Waals surface area contributed by atoms with Crippen molar-refractivity contribution in [1.29, 1.82) is 0 Å². The van der Waals surface area contributed by atoms with Gasteiger partial charge in [-0.15, -0.1) is 0 Å². The molecular formula is C20H32N4O2. The second-order valence-corrected chi connectivity index (χ2v) is 7.70. The van der Waals surface area contributed by atoms with Crippen molar-refractivity contribution in [2.75, 3.05) is 43.4 Å². The van der Waals surface area contributed by atoms with Crippen LogP contribution in [0.25, 0.3) is 0 Å². The van der Waals surface area contributed by atoms with Crippen LogP contribution in [-0.4, -0.2) is 56.0 Å². The molecule has 0 saturated carbocycles. The molecule has 2 N–H and O–H groups in total. The predicted molar refractivity (Wildman–Crippen MR) is 106 cm³/mol. The van der Waals surface area contributed by atoms with Crippen LogP contribution in [0.5, 0.6) is 0 Å². The third-order valence-electron chi connectivity index (χ3n) is 5.12. The van der Waals surface area contributed by atoms with E-state index in [9.17, 15) is 9.59 Å². The summed E-state index contributed by atoms with van der Waals surface area (Å²) in [4.78, 5) is 29.6.